The van der Waals surface area contributed by atoms with Gasteiger partial charge in [-0.25, -0.2) is 4.79 Å². The van der Waals surface area contributed by atoms with Crippen LogP contribution in [0.2, 0.25) is 0 Å². The van der Waals surface area contributed by atoms with E-state index in [1.807, 2.05) is 12.3 Å². The number of carbonyl (C=O) groups is 1. The minimum Gasteiger partial charge on any atom is -0.465 e. The molecule has 0 saturated carbocycles. The van der Waals surface area contributed by atoms with Gasteiger partial charge >= 0.3 is 6.09 Å². The van der Waals surface area contributed by atoms with E-state index in [1.165, 1.54) is 17.7 Å². The van der Waals surface area contributed by atoms with E-state index < -0.39 is 6.09 Å². The Bertz CT molecular complexity index is 525. The van der Waals surface area contributed by atoms with Gasteiger partial charge in [-0.1, -0.05) is 26.8 Å². The molecule has 1 aliphatic carbocycles. The monoisotopic (exact) mass is 319 g/mol. The molecule has 128 valence electrons. The summed E-state index contributed by atoms with van der Waals surface area (Å²) in [5, 5.41) is 15.2. The van der Waals surface area contributed by atoms with Crippen LogP contribution in [-0.2, 0) is 6.42 Å². The molecule has 0 aromatic carbocycles. The molecule has 0 saturated heterocycles. The number of aromatic nitrogens is 1. The van der Waals surface area contributed by atoms with Crippen molar-refractivity contribution in [1.29, 1.82) is 0 Å². The lowest BCUT2D eigenvalue weighted by atomic mass is 9.84. The fourth-order valence-corrected chi connectivity index (χ4v) is 3.26. The summed E-state index contributed by atoms with van der Waals surface area (Å²) in [6.45, 7) is 7.10. The van der Waals surface area contributed by atoms with Gasteiger partial charge in [-0.2, -0.15) is 0 Å². The van der Waals surface area contributed by atoms with E-state index in [1.54, 1.807) is 0 Å². The lowest BCUT2D eigenvalue weighted by Gasteiger charge is -2.31. The first-order valence-electron chi connectivity index (χ1n) is 8.54. The molecular weight excluding hydrogens is 290 g/mol. The summed E-state index contributed by atoms with van der Waals surface area (Å²) in [4.78, 5) is 15.5. The van der Waals surface area contributed by atoms with Gasteiger partial charge in [0.1, 0.15) is 0 Å². The van der Waals surface area contributed by atoms with Crippen LogP contribution in [0.25, 0.3) is 0 Å². The van der Waals surface area contributed by atoms with Gasteiger partial charge in [0.2, 0.25) is 0 Å². The topological polar surface area (TPSA) is 74.2 Å². The zero-order valence-corrected chi connectivity index (χ0v) is 14.4. The van der Waals surface area contributed by atoms with Crippen LogP contribution in [0.3, 0.4) is 0 Å². The van der Waals surface area contributed by atoms with Crippen LogP contribution >= 0.6 is 0 Å². The highest BCUT2D eigenvalue weighted by Crippen LogP contribution is 2.28. The predicted octanol–water partition coefficient (Wildman–Crippen LogP) is 3.51. The number of pyridine rings is 1. The number of carboxylic acid groups (broad SMARTS) is 1. The third kappa shape index (κ3) is 5.20. The Morgan fingerprint density at radius 3 is 2.96 bits per heavy atom. The van der Waals surface area contributed by atoms with Gasteiger partial charge in [0.25, 0.3) is 0 Å². The zero-order valence-electron chi connectivity index (χ0n) is 14.4. The lowest BCUT2D eigenvalue weighted by Crippen LogP contribution is -2.43. The Kier molecular flexibility index (Phi) is 5.99. The van der Waals surface area contributed by atoms with Crippen molar-refractivity contribution in [3.63, 3.8) is 0 Å². The van der Waals surface area contributed by atoms with E-state index in [9.17, 15) is 4.79 Å². The Balaban J connectivity index is 1.82. The quantitative estimate of drug-likeness (QED) is 0.701. The average Bonchev–Trinajstić information content (AvgIpc) is 2.49. The lowest BCUT2D eigenvalue weighted by molar-refractivity contribution is 0.171. The summed E-state index contributed by atoms with van der Waals surface area (Å²) >= 11 is 0. The maximum absolute atomic E-state index is 10.9. The van der Waals surface area contributed by atoms with Crippen molar-refractivity contribution in [1.82, 2.24) is 15.6 Å². The van der Waals surface area contributed by atoms with E-state index in [0.29, 0.717) is 6.04 Å². The minimum absolute atomic E-state index is 0.0291. The van der Waals surface area contributed by atoms with Gasteiger partial charge in [-0.15, -0.1) is 0 Å². The number of amides is 1. The SMILES string of the molecule is CC(C)(C)C(CCCNC1CCCc2cccnc21)NC(=O)O. The zero-order chi connectivity index (χ0) is 16.9. The molecule has 1 aromatic heterocycles. The molecule has 5 heteroatoms. The van der Waals surface area contributed by atoms with Gasteiger partial charge in [-0.3, -0.25) is 4.98 Å². The second-order valence-electron chi connectivity index (χ2n) is 7.46. The second-order valence-corrected chi connectivity index (χ2v) is 7.46. The average molecular weight is 319 g/mol. The van der Waals surface area contributed by atoms with Crippen LogP contribution < -0.4 is 10.6 Å². The van der Waals surface area contributed by atoms with Gasteiger partial charge in [0.05, 0.1) is 5.69 Å². The standard InChI is InChI=1S/C18H29N3O2/c1-18(2,3)15(21-17(22)23)10-6-11-19-14-9-4-7-13-8-5-12-20-16(13)14/h5,8,12,14-15,19,21H,4,6-7,9-11H2,1-3H3,(H,22,23). The van der Waals surface area contributed by atoms with E-state index in [0.717, 1.165) is 32.2 Å². The van der Waals surface area contributed by atoms with Crippen LogP contribution in [0.4, 0.5) is 4.79 Å². The predicted molar refractivity (Wildman–Crippen MR) is 91.6 cm³/mol. The Morgan fingerprint density at radius 2 is 2.26 bits per heavy atom. The molecule has 2 unspecified atom stereocenters. The molecular formula is C18H29N3O2. The number of fused-ring (bicyclic) bond motifs is 1. The van der Waals surface area contributed by atoms with E-state index in [-0.39, 0.29) is 11.5 Å². The van der Waals surface area contributed by atoms with Crippen molar-refractivity contribution in [3.05, 3.63) is 29.6 Å². The van der Waals surface area contributed by atoms with Crippen LogP contribution in [0.1, 0.15) is 63.8 Å². The smallest absolute Gasteiger partial charge is 0.404 e. The number of nitrogens with zero attached hydrogens (tertiary/aromatic N) is 1. The third-order valence-electron chi connectivity index (χ3n) is 4.60. The van der Waals surface area contributed by atoms with Gasteiger partial charge in [0, 0.05) is 18.3 Å². The van der Waals surface area contributed by atoms with Crippen molar-refractivity contribution in [2.24, 2.45) is 5.41 Å². The number of nitrogens with one attached hydrogen (secondary N) is 2. The molecule has 23 heavy (non-hydrogen) atoms. The molecule has 0 aliphatic heterocycles. The van der Waals surface area contributed by atoms with Crippen molar-refractivity contribution in [3.8, 4) is 0 Å². The van der Waals surface area contributed by atoms with Crippen molar-refractivity contribution >= 4 is 6.09 Å². The Hall–Kier alpha value is -1.62. The Labute approximate surface area is 138 Å². The molecule has 1 aromatic rings. The number of aryl methyl sites for hydroxylation is 1. The van der Waals surface area contributed by atoms with Gasteiger partial charge < -0.3 is 15.7 Å². The molecule has 1 amide bonds. The molecule has 0 radical (unpaired) electrons. The highest BCUT2D eigenvalue weighted by atomic mass is 16.4. The molecule has 5 nitrogen and oxygen atoms in total. The summed E-state index contributed by atoms with van der Waals surface area (Å²) in [5.74, 6) is 0. The highest BCUT2D eigenvalue weighted by Gasteiger charge is 2.26. The fourth-order valence-electron chi connectivity index (χ4n) is 3.26. The largest absolute Gasteiger partial charge is 0.465 e. The van der Waals surface area contributed by atoms with Crippen LogP contribution in [0.15, 0.2) is 18.3 Å². The number of hydrogen-bond donors (Lipinski definition) is 3. The second kappa shape index (κ2) is 7.77. The molecule has 0 spiro atoms. The van der Waals surface area contributed by atoms with E-state index >= 15 is 0 Å². The summed E-state index contributed by atoms with van der Waals surface area (Å²) in [7, 11) is 0. The normalized spacial score (nSPS) is 19.0. The first-order chi connectivity index (χ1) is 10.9. The number of hydrogen-bond acceptors (Lipinski definition) is 3. The van der Waals surface area contributed by atoms with Crippen LogP contribution in [0, 0.1) is 5.41 Å². The van der Waals surface area contributed by atoms with Crippen molar-refractivity contribution in [2.45, 2.75) is 65.0 Å². The van der Waals surface area contributed by atoms with Crippen LogP contribution in [0.5, 0.6) is 0 Å². The highest BCUT2D eigenvalue weighted by molar-refractivity contribution is 5.64. The third-order valence-corrected chi connectivity index (χ3v) is 4.60. The minimum atomic E-state index is -0.941. The fraction of sp³-hybridized carbons (Fsp3) is 0.667. The van der Waals surface area contributed by atoms with Crippen molar-refractivity contribution in [2.75, 3.05) is 6.54 Å². The summed E-state index contributed by atoms with van der Waals surface area (Å²) in [6, 6.07) is 4.48. The molecule has 1 aliphatic rings. The molecule has 2 atom stereocenters. The van der Waals surface area contributed by atoms with Crippen LogP contribution in [-0.4, -0.2) is 28.8 Å². The summed E-state index contributed by atoms with van der Waals surface area (Å²) in [6.07, 6.45) is 6.15. The van der Waals surface area contributed by atoms with E-state index in [2.05, 4.69) is 42.5 Å². The molecule has 2 rings (SSSR count). The molecule has 3 N–H and O–H groups in total. The molecule has 1 heterocycles. The molecule has 0 bridgehead atoms. The first-order valence-corrected chi connectivity index (χ1v) is 8.54. The van der Waals surface area contributed by atoms with E-state index in [4.69, 9.17) is 5.11 Å². The molecule has 0 fully saturated rings. The van der Waals surface area contributed by atoms with Gasteiger partial charge in [-0.05, 0) is 55.7 Å². The van der Waals surface area contributed by atoms with Crippen molar-refractivity contribution < 1.29 is 9.90 Å². The maximum Gasteiger partial charge on any atom is 0.404 e. The summed E-state index contributed by atoms with van der Waals surface area (Å²) in [5.41, 5.74) is 2.48. The maximum atomic E-state index is 10.9. The first kappa shape index (κ1) is 17.7. The summed E-state index contributed by atoms with van der Waals surface area (Å²) < 4.78 is 0. The number of rotatable bonds is 6. The Morgan fingerprint density at radius 1 is 1.48 bits per heavy atom. The van der Waals surface area contributed by atoms with Gasteiger partial charge in [0.15, 0.2) is 0 Å².